The van der Waals surface area contributed by atoms with Crippen LogP contribution in [0.5, 0.6) is 0 Å². The van der Waals surface area contributed by atoms with Crippen LogP contribution in [-0.2, 0) is 9.59 Å². The molecule has 0 aliphatic carbocycles. The van der Waals surface area contributed by atoms with Crippen molar-refractivity contribution in [3.05, 3.63) is 29.8 Å². The van der Waals surface area contributed by atoms with Crippen LogP contribution < -0.4 is 5.32 Å². The van der Waals surface area contributed by atoms with E-state index in [0.29, 0.717) is 6.54 Å². The number of fused-ring (bicyclic) bond motifs is 1. The number of rotatable bonds is 2. The molecule has 0 bridgehead atoms. The lowest BCUT2D eigenvalue weighted by molar-refractivity contribution is -0.149. The lowest BCUT2D eigenvalue weighted by Gasteiger charge is -2.31. The standard InChI is InChI=1S/C14H16N2O2S/c1-9-14(18)16(13(17)6-15-9)7-10-8-19-12-5-3-2-4-11(10)12/h2-5,9-10,15H,6-8H2,1H3. The molecule has 2 unspecified atom stereocenters. The second kappa shape index (κ2) is 4.98. The van der Waals surface area contributed by atoms with Gasteiger partial charge in [0.15, 0.2) is 0 Å². The van der Waals surface area contributed by atoms with Crippen LogP contribution in [0, 0.1) is 0 Å². The van der Waals surface area contributed by atoms with Crippen LogP contribution in [-0.4, -0.2) is 41.6 Å². The zero-order valence-electron chi connectivity index (χ0n) is 10.8. The summed E-state index contributed by atoms with van der Waals surface area (Å²) in [4.78, 5) is 26.7. The van der Waals surface area contributed by atoms with Crippen LogP contribution in [0.1, 0.15) is 18.4 Å². The van der Waals surface area contributed by atoms with Gasteiger partial charge in [-0.05, 0) is 18.6 Å². The molecule has 1 N–H and O–H groups in total. The summed E-state index contributed by atoms with van der Waals surface area (Å²) in [6.07, 6.45) is 0. The van der Waals surface area contributed by atoms with Crippen molar-refractivity contribution in [3.8, 4) is 0 Å². The monoisotopic (exact) mass is 276 g/mol. The summed E-state index contributed by atoms with van der Waals surface area (Å²) in [6, 6.07) is 7.98. The quantitative estimate of drug-likeness (QED) is 0.825. The smallest absolute Gasteiger partial charge is 0.246 e. The highest BCUT2D eigenvalue weighted by Crippen LogP contribution is 2.39. The van der Waals surface area contributed by atoms with Crippen molar-refractivity contribution in [1.82, 2.24) is 10.2 Å². The van der Waals surface area contributed by atoms with Gasteiger partial charge in [-0.25, -0.2) is 0 Å². The SMILES string of the molecule is CC1NCC(=O)N(CC2CSc3ccccc32)C1=O. The van der Waals surface area contributed by atoms with Crippen LogP contribution in [0.4, 0.5) is 0 Å². The summed E-state index contributed by atoms with van der Waals surface area (Å²) >= 11 is 1.80. The molecule has 1 aromatic rings. The van der Waals surface area contributed by atoms with Crippen molar-refractivity contribution in [2.24, 2.45) is 0 Å². The number of amides is 2. The van der Waals surface area contributed by atoms with E-state index in [0.717, 1.165) is 5.75 Å². The highest BCUT2D eigenvalue weighted by atomic mass is 32.2. The van der Waals surface area contributed by atoms with Gasteiger partial charge < -0.3 is 0 Å². The number of piperazine rings is 1. The van der Waals surface area contributed by atoms with E-state index in [9.17, 15) is 9.59 Å². The Kier molecular flexibility index (Phi) is 3.33. The van der Waals surface area contributed by atoms with Gasteiger partial charge in [0.2, 0.25) is 11.8 Å². The molecule has 0 spiro atoms. The number of benzene rings is 1. The molecule has 0 saturated carbocycles. The van der Waals surface area contributed by atoms with Gasteiger partial charge in [0.1, 0.15) is 0 Å². The molecule has 5 heteroatoms. The van der Waals surface area contributed by atoms with Crippen molar-refractivity contribution in [2.75, 3.05) is 18.8 Å². The maximum Gasteiger partial charge on any atom is 0.246 e. The number of hydrogen-bond donors (Lipinski definition) is 1. The zero-order valence-corrected chi connectivity index (χ0v) is 11.6. The fourth-order valence-corrected chi connectivity index (χ4v) is 3.81. The summed E-state index contributed by atoms with van der Waals surface area (Å²) in [5.41, 5.74) is 1.26. The molecule has 0 radical (unpaired) electrons. The number of hydrogen-bond acceptors (Lipinski definition) is 4. The molecule has 2 heterocycles. The molecule has 1 saturated heterocycles. The van der Waals surface area contributed by atoms with E-state index in [-0.39, 0.29) is 30.3 Å². The van der Waals surface area contributed by atoms with Crippen molar-refractivity contribution < 1.29 is 9.59 Å². The molecule has 1 fully saturated rings. The molecule has 0 aromatic heterocycles. The first kappa shape index (κ1) is 12.7. The topological polar surface area (TPSA) is 49.4 Å². The third-order valence-electron chi connectivity index (χ3n) is 3.70. The Labute approximate surface area is 116 Å². The Balaban J connectivity index is 1.79. The first-order chi connectivity index (χ1) is 9.16. The molecule has 2 amide bonds. The van der Waals surface area contributed by atoms with Crippen LogP contribution in [0.3, 0.4) is 0 Å². The molecule has 19 heavy (non-hydrogen) atoms. The van der Waals surface area contributed by atoms with Gasteiger partial charge in [-0.3, -0.25) is 19.8 Å². The van der Waals surface area contributed by atoms with Crippen LogP contribution in [0.25, 0.3) is 0 Å². The fraction of sp³-hybridized carbons (Fsp3) is 0.429. The molecular weight excluding hydrogens is 260 g/mol. The molecule has 4 nitrogen and oxygen atoms in total. The first-order valence-corrected chi connectivity index (χ1v) is 7.44. The molecule has 2 aliphatic heterocycles. The third kappa shape index (κ3) is 2.28. The molecular formula is C14H16N2O2S. The van der Waals surface area contributed by atoms with Crippen LogP contribution >= 0.6 is 11.8 Å². The second-order valence-corrected chi connectivity index (χ2v) is 6.05. The van der Waals surface area contributed by atoms with Gasteiger partial charge in [0.25, 0.3) is 0 Å². The van der Waals surface area contributed by atoms with Crippen LogP contribution in [0.2, 0.25) is 0 Å². The number of nitrogens with one attached hydrogen (secondary N) is 1. The van der Waals surface area contributed by atoms with Crippen molar-refractivity contribution in [2.45, 2.75) is 23.8 Å². The third-order valence-corrected chi connectivity index (χ3v) is 4.95. The van der Waals surface area contributed by atoms with Gasteiger partial charge >= 0.3 is 0 Å². The van der Waals surface area contributed by atoms with Crippen LogP contribution in [0.15, 0.2) is 29.2 Å². The predicted molar refractivity (Wildman–Crippen MR) is 74.1 cm³/mol. The summed E-state index contributed by atoms with van der Waals surface area (Å²) in [7, 11) is 0. The predicted octanol–water partition coefficient (Wildman–Crippen LogP) is 1.22. The average Bonchev–Trinajstić information content (AvgIpc) is 2.83. The van der Waals surface area contributed by atoms with Gasteiger partial charge in [-0.15, -0.1) is 11.8 Å². The second-order valence-electron chi connectivity index (χ2n) is 4.99. The van der Waals surface area contributed by atoms with Crippen molar-refractivity contribution in [3.63, 3.8) is 0 Å². The Morgan fingerprint density at radius 2 is 2.16 bits per heavy atom. The van der Waals surface area contributed by atoms with E-state index < -0.39 is 0 Å². The summed E-state index contributed by atoms with van der Waals surface area (Å²) in [5.74, 6) is 0.987. The number of thioether (sulfide) groups is 1. The lowest BCUT2D eigenvalue weighted by Crippen LogP contribution is -2.57. The minimum absolute atomic E-state index is 0.106. The van der Waals surface area contributed by atoms with E-state index >= 15 is 0 Å². The minimum atomic E-state index is -0.262. The average molecular weight is 276 g/mol. The van der Waals surface area contributed by atoms with E-state index in [1.807, 2.05) is 12.1 Å². The summed E-state index contributed by atoms with van der Waals surface area (Å²) in [6.45, 7) is 2.57. The molecule has 2 atom stereocenters. The molecule has 1 aromatic carbocycles. The highest BCUT2D eigenvalue weighted by Gasteiger charge is 2.34. The first-order valence-electron chi connectivity index (χ1n) is 6.46. The van der Waals surface area contributed by atoms with E-state index in [1.165, 1.54) is 15.4 Å². The maximum atomic E-state index is 12.1. The summed E-state index contributed by atoms with van der Waals surface area (Å²) in [5, 5.41) is 2.91. The number of carbonyl (C=O) groups excluding carboxylic acids is 2. The Bertz CT molecular complexity index is 532. The fourth-order valence-electron chi connectivity index (χ4n) is 2.57. The van der Waals surface area contributed by atoms with Gasteiger partial charge in [-0.1, -0.05) is 18.2 Å². The minimum Gasteiger partial charge on any atom is -0.298 e. The highest BCUT2D eigenvalue weighted by molar-refractivity contribution is 7.99. The summed E-state index contributed by atoms with van der Waals surface area (Å²) < 4.78 is 0. The van der Waals surface area contributed by atoms with Gasteiger partial charge in [0, 0.05) is 23.1 Å². The Morgan fingerprint density at radius 1 is 1.37 bits per heavy atom. The van der Waals surface area contributed by atoms with Crippen molar-refractivity contribution in [1.29, 1.82) is 0 Å². The number of nitrogens with zero attached hydrogens (tertiary/aromatic N) is 1. The van der Waals surface area contributed by atoms with Crippen molar-refractivity contribution >= 4 is 23.6 Å². The Morgan fingerprint density at radius 3 is 3.00 bits per heavy atom. The number of imide groups is 1. The van der Waals surface area contributed by atoms with Gasteiger partial charge in [0.05, 0.1) is 12.6 Å². The molecule has 100 valence electrons. The van der Waals surface area contributed by atoms with E-state index in [1.54, 1.807) is 18.7 Å². The normalized spacial score (nSPS) is 26.7. The van der Waals surface area contributed by atoms with Gasteiger partial charge in [-0.2, -0.15) is 0 Å². The molecule has 3 rings (SSSR count). The molecule has 2 aliphatic rings. The Hall–Kier alpha value is -1.33. The van der Waals surface area contributed by atoms with E-state index in [4.69, 9.17) is 0 Å². The lowest BCUT2D eigenvalue weighted by atomic mass is 10.00. The largest absolute Gasteiger partial charge is 0.298 e. The zero-order chi connectivity index (χ0) is 13.4. The maximum absolute atomic E-state index is 12.1. The number of carbonyl (C=O) groups is 2. The van der Waals surface area contributed by atoms with E-state index in [2.05, 4.69) is 17.4 Å².